The molecule has 0 amide bonds. The lowest BCUT2D eigenvalue weighted by molar-refractivity contribution is -0.385. The minimum absolute atomic E-state index is 0.0234. The third kappa shape index (κ3) is 3.21. The Kier molecular flexibility index (Phi) is 4.25. The SMILES string of the molecule is O=C(O)c1ccc(Cl)nc1Oc1c(Cl)cccc1[N+](=O)[O-]. The van der Waals surface area contributed by atoms with Crippen LogP contribution in [0, 0.1) is 10.1 Å². The molecule has 1 aromatic heterocycles. The van der Waals surface area contributed by atoms with Crippen molar-refractivity contribution < 1.29 is 19.6 Å². The molecular weight excluding hydrogens is 323 g/mol. The molecule has 0 radical (unpaired) electrons. The van der Waals surface area contributed by atoms with E-state index in [1.807, 2.05) is 0 Å². The quantitative estimate of drug-likeness (QED) is 0.520. The predicted molar refractivity (Wildman–Crippen MR) is 74.4 cm³/mol. The first-order valence-corrected chi connectivity index (χ1v) is 6.16. The summed E-state index contributed by atoms with van der Waals surface area (Å²) in [7, 11) is 0. The number of nitrogens with zero attached hydrogens (tertiary/aromatic N) is 2. The predicted octanol–water partition coefficient (Wildman–Crippen LogP) is 3.79. The number of nitro groups is 1. The van der Waals surface area contributed by atoms with Gasteiger partial charge < -0.3 is 9.84 Å². The summed E-state index contributed by atoms with van der Waals surface area (Å²) in [6.07, 6.45) is 0. The Morgan fingerprint density at radius 2 is 2.00 bits per heavy atom. The summed E-state index contributed by atoms with van der Waals surface area (Å²) in [5.41, 5.74) is -0.714. The van der Waals surface area contributed by atoms with Gasteiger partial charge in [0, 0.05) is 6.07 Å². The zero-order chi connectivity index (χ0) is 15.6. The zero-order valence-corrected chi connectivity index (χ0v) is 11.6. The molecule has 9 heteroatoms. The van der Waals surface area contributed by atoms with Crippen molar-refractivity contribution in [3.8, 4) is 11.6 Å². The number of carboxylic acid groups (broad SMARTS) is 1. The highest BCUT2D eigenvalue weighted by Gasteiger charge is 2.22. The van der Waals surface area contributed by atoms with Crippen molar-refractivity contribution in [2.45, 2.75) is 0 Å². The zero-order valence-electron chi connectivity index (χ0n) is 10.1. The summed E-state index contributed by atoms with van der Waals surface area (Å²) in [6, 6.07) is 6.35. The number of aromatic carboxylic acids is 1. The van der Waals surface area contributed by atoms with E-state index in [0.29, 0.717) is 0 Å². The molecule has 0 aliphatic carbocycles. The van der Waals surface area contributed by atoms with Crippen molar-refractivity contribution in [3.63, 3.8) is 0 Å². The molecule has 1 heterocycles. The number of nitro benzene ring substituents is 1. The number of rotatable bonds is 4. The van der Waals surface area contributed by atoms with Crippen LogP contribution in [-0.4, -0.2) is 21.0 Å². The van der Waals surface area contributed by atoms with Gasteiger partial charge in [-0.05, 0) is 18.2 Å². The molecule has 0 atom stereocenters. The Morgan fingerprint density at radius 3 is 2.62 bits per heavy atom. The van der Waals surface area contributed by atoms with Crippen LogP contribution in [0.5, 0.6) is 11.6 Å². The molecule has 0 bridgehead atoms. The number of ether oxygens (including phenoxy) is 1. The van der Waals surface area contributed by atoms with Crippen LogP contribution < -0.4 is 4.74 Å². The van der Waals surface area contributed by atoms with E-state index in [0.717, 1.165) is 0 Å². The van der Waals surface area contributed by atoms with E-state index < -0.39 is 16.6 Å². The van der Waals surface area contributed by atoms with E-state index in [-0.39, 0.29) is 27.4 Å². The van der Waals surface area contributed by atoms with Crippen molar-refractivity contribution in [3.05, 3.63) is 56.2 Å². The normalized spacial score (nSPS) is 10.2. The summed E-state index contributed by atoms with van der Waals surface area (Å²) in [5.74, 6) is -2.00. The molecule has 1 aromatic carbocycles. The lowest BCUT2D eigenvalue weighted by atomic mass is 10.2. The number of benzene rings is 1. The fourth-order valence-corrected chi connectivity index (χ4v) is 1.85. The largest absolute Gasteiger partial charge is 0.477 e. The summed E-state index contributed by atoms with van der Waals surface area (Å²) in [6.45, 7) is 0. The number of hydrogen-bond acceptors (Lipinski definition) is 5. The van der Waals surface area contributed by atoms with Gasteiger partial charge in [0.25, 0.3) is 0 Å². The average molecular weight is 329 g/mol. The maximum atomic E-state index is 11.1. The van der Waals surface area contributed by atoms with Gasteiger partial charge in [0.05, 0.1) is 9.95 Å². The second-order valence-electron chi connectivity index (χ2n) is 3.74. The van der Waals surface area contributed by atoms with Gasteiger partial charge >= 0.3 is 11.7 Å². The molecule has 21 heavy (non-hydrogen) atoms. The number of pyridine rings is 1. The average Bonchev–Trinajstić information content (AvgIpc) is 2.40. The molecule has 0 fully saturated rings. The van der Waals surface area contributed by atoms with E-state index >= 15 is 0 Å². The Morgan fingerprint density at radius 1 is 1.29 bits per heavy atom. The molecule has 1 N–H and O–H groups in total. The third-order valence-electron chi connectivity index (χ3n) is 2.40. The molecule has 0 aliphatic heterocycles. The second kappa shape index (κ2) is 5.94. The molecule has 0 unspecified atom stereocenters. The summed E-state index contributed by atoms with van der Waals surface area (Å²) in [5, 5.41) is 19.9. The highest BCUT2D eigenvalue weighted by atomic mass is 35.5. The molecule has 2 rings (SSSR count). The van der Waals surface area contributed by atoms with Crippen LogP contribution in [-0.2, 0) is 0 Å². The monoisotopic (exact) mass is 328 g/mol. The maximum absolute atomic E-state index is 11.1. The van der Waals surface area contributed by atoms with E-state index in [2.05, 4.69) is 4.98 Å². The minimum Gasteiger partial charge on any atom is -0.477 e. The van der Waals surface area contributed by atoms with Gasteiger partial charge in [0.2, 0.25) is 11.6 Å². The number of carbonyl (C=O) groups is 1. The van der Waals surface area contributed by atoms with Crippen LogP contribution in [0.4, 0.5) is 5.69 Å². The second-order valence-corrected chi connectivity index (χ2v) is 4.53. The first-order chi connectivity index (χ1) is 9.90. The van der Waals surface area contributed by atoms with Gasteiger partial charge in [0.1, 0.15) is 10.7 Å². The Balaban J connectivity index is 2.55. The van der Waals surface area contributed by atoms with Crippen LogP contribution >= 0.6 is 23.2 Å². The highest BCUT2D eigenvalue weighted by Crippen LogP contribution is 2.38. The van der Waals surface area contributed by atoms with Crippen molar-refractivity contribution in [2.24, 2.45) is 0 Å². The number of carboxylic acids is 1. The third-order valence-corrected chi connectivity index (χ3v) is 2.91. The molecule has 2 aromatic rings. The maximum Gasteiger partial charge on any atom is 0.341 e. The first kappa shape index (κ1) is 15.0. The van der Waals surface area contributed by atoms with E-state index in [1.54, 1.807) is 0 Å². The lowest BCUT2D eigenvalue weighted by Crippen LogP contribution is -2.03. The molecule has 0 aliphatic rings. The standard InChI is InChI=1S/C12H6Cl2N2O5/c13-7-2-1-3-8(16(19)20)10(7)21-11-6(12(17)18)4-5-9(14)15-11/h1-5H,(H,17,18). The van der Waals surface area contributed by atoms with Gasteiger partial charge in [-0.2, -0.15) is 0 Å². The van der Waals surface area contributed by atoms with Gasteiger partial charge in [-0.3, -0.25) is 10.1 Å². The van der Waals surface area contributed by atoms with Gasteiger partial charge in [-0.25, -0.2) is 9.78 Å². The Labute approximate surface area is 127 Å². The van der Waals surface area contributed by atoms with Crippen LogP contribution in [0.1, 0.15) is 10.4 Å². The Bertz CT molecular complexity index is 736. The van der Waals surface area contributed by atoms with E-state index in [9.17, 15) is 14.9 Å². The van der Waals surface area contributed by atoms with Crippen molar-refractivity contribution in [2.75, 3.05) is 0 Å². The number of halogens is 2. The molecule has 0 saturated heterocycles. The van der Waals surface area contributed by atoms with E-state index in [4.69, 9.17) is 33.0 Å². The molecular formula is C12H6Cl2N2O5. The smallest absolute Gasteiger partial charge is 0.341 e. The topological polar surface area (TPSA) is 103 Å². The highest BCUT2D eigenvalue weighted by molar-refractivity contribution is 6.32. The van der Waals surface area contributed by atoms with Gasteiger partial charge in [-0.15, -0.1) is 0 Å². The first-order valence-electron chi connectivity index (χ1n) is 5.40. The van der Waals surface area contributed by atoms with Crippen LogP contribution in [0.3, 0.4) is 0 Å². The fourth-order valence-electron chi connectivity index (χ4n) is 1.50. The van der Waals surface area contributed by atoms with Crippen LogP contribution in [0.25, 0.3) is 0 Å². The molecule has 0 saturated carbocycles. The minimum atomic E-state index is -1.32. The van der Waals surface area contributed by atoms with Crippen molar-refractivity contribution in [1.29, 1.82) is 0 Å². The summed E-state index contributed by atoms with van der Waals surface area (Å²) < 4.78 is 5.22. The van der Waals surface area contributed by atoms with Gasteiger partial charge in [0.15, 0.2) is 0 Å². The van der Waals surface area contributed by atoms with Crippen molar-refractivity contribution >= 4 is 34.9 Å². The van der Waals surface area contributed by atoms with Gasteiger partial charge in [-0.1, -0.05) is 29.3 Å². The summed E-state index contributed by atoms with van der Waals surface area (Å²) in [4.78, 5) is 25.1. The number of para-hydroxylation sites is 1. The summed E-state index contributed by atoms with van der Waals surface area (Å²) >= 11 is 11.5. The number of aromatic nitrogens is 1. The molecule has 0 spiro atoms. The number of hydrogen-bond donors (Lipinski definition) is 1. The van der Waals surface area contributed by atoms with Crippen LogP contribution in [0.15, 0.2) is 30.3 Å². The lowest BCUT2D eigenvalue weighted by Gasteiger charge is -2.09. The fraction of sp³-hybridized carbons (Fsp3) is 0. The Hall–Kier alpha value is -2.38. The van der Waals surface area contributed by atoms with E-state index in [1.165, 1.54) is 30.3 Å². The van der Waals surface area contributed by atoms with Crippen LogP contribution in [0.2, 0.25) is 10.2 Å². The molecule has 7 nitrogen and oxygen atoms in total. The van der Waals surface area contributed by atoms with Crippen molar-refractivity contribution in [1.82, 2.24) is 4.98 Å². The molecule has 108 valence electrons.